The van der Waals surface area contributed by atoms with Gasteiger partial charge in [-0.05, 0) is 36.6 Å². The van der Waals surface area contributed by atoms with E-state index in [4.69, 9.17) is 0 Å². The van der Waals surface area contributed by atoms with Gasteiger partial charge in [-0.3, -0.25) is 14.8 Å². The molecule has 2 aromatic heterocycles. The summed E-state index contributed by atoms with van der Waals surface area (Å²) in [5, 5.41) is 9.62. The predicted molar refractivity (Wildman–Crippen MR) is 88.6 cm³/mol. The van der Waals surface area contributed by atoms with Crippen LogP contribution in [0.25, 0.3) is 0 Å². The Morgan fingerprint density at radius 1 is 1.30 bits per heavy atom. The minimum atomic E-state index is -0.202. The second-order valence-corrected chi connectivity index (χ2v) is 5.57. The van der Waals surface area contributed by atoms with Gasteiger partial charge in [-0.2, -0.15) is 0 Å². The molecule has 122 valence electrons. The second kappa shape index (κ2) is 8.39. The van der Waals surface area contributed by atoms with Crippen molar-refractivity contribution < 1.29 is 9.90 Å². The summed E-state index contributed by atoms with van der Waals surface area (Å²) in [4.78, 5) is 22.9. The molecule has 2 aromatic rings. The molecule has 1 N–H and O–H groups in total. The van der Waals surface area contributed by atoms with Crippen molar-refractivity contribution in [2.45, 2.75) is 39.3 Å². The topological polar surface area (TPSA) is 66.3 Å². The minimum absolute atomic E-state index is 0.0310. The molecule has 0 aliphatic heterocycles. The third-order valence-corrected chi connectivity index (χ3v) is 3.96. The zero-order valence-electron chi connectivity index (χ0n) is 13.6. The maximum Gasteiger partial charge on any atom is 0.229 e. The van der Waals surface area contributed by atoms with Crippen LogP contribution in [0.3, 0.4) is 0 Å². The van der Waals surface area contributed by atoms with Gasteiger partial charge in [0.15, 0.2) is 0 Å². The highest BCUT2D eigenvalue weighted by Crippen LogP contribution is 2.14. The van der Waals surface area contributed by atoms with E-state index in [2.05, 4.69) is 9.97 Å². The third kappa shape index (κ3) is 4.60. The van der Waals surface area contributed by atoms with E-state index in [0.717, 1.165) is 16.8 Å². The summed E-state index contributed by atoms with van der Waals surface area (Å²) < 4.78 is 0. The van der Waals surface area contributed by atoms with Gasteiger partial charge in [0.2, 0.25) is 5.91 Å². The number of pyridine rings is 2. The monoisotopic (exact) mass is 313 g/mol. The highest BCUT2D eigenvalue weighted by Gasteiger charge is 2.23. The zero-order chi connectivity index (χ0) is 16.7. The maximum absolute atomic E-state index is 12.8. The highest BCUT2D eigenvalue weighted by atomic mass is 16.3. The molecular formula is C18H23N3O2. The number of aliphatic hydroxyl groups is 1. The van der Waals surface area contributed by atoms with Crippen molar-refractivity contribution in [2.24, 2.45) is 0 Å². The minimum Gasteiger partial charge on any atom is -0.394 e. The van der Waals surface area contributed by atoms with Crippen LogP contribution in [0.15, 0.2) is 42.9 Å². The quantitative estimate of drug-likeness (QED) is 0.850. The van der Waals surface area contributed by atoms with E-state index in [1.807, 2.05) is 38.1 Å². The number of aromatic nitrogens is 2. The van der Waals surface area contributed by atoms with Crippen LogP contribution in [0.2, 0.25) is 0 Å². The molecule has 1 unspecified atom stereocenters. The Morgan fingerprint density at radius 2 is 2.09 bits per heavy atom. The van der Waals surface area contributed by atoms with Crippen molar-refractivity contribution in [1.82, 2.24) is 14.9 Å². The van der Waals surface area contributed by atoms with Gasteiger partial charge in [-0.25, -0.2) is 0 Å². The predicted octanol–water partition coefficient (Wildman–Crippen LogP) is 2.13. The Bertz CT molecular complexity index is 627. The van der Waals surface area contributed by atoms with Crippen molar-refractivity contribution in [3.8, 4) is 0 Å². The summed E-state index contributed by atoms with van der Waals surface area (Å²) in [5.74, 6) is -0.0310. The lowest BCUT2D eigenvalue weighted by Crippen LogP contribution is -2.42. The smallest absolute Gasteiger partial charge is 0.229 e. The molecule has 0 radical (unpaired) electrons. The Morgan fingerprint density at radius 3 is 2.70 bits per heavy atom. The Hall–Kier alpha value is -2.27. The second-order valence-electron chi connectivity index (χ2n) is 5.57. The van der Waals surface area contributed by atoms with Gasteiger partial charge in [-0.15, -0.1) is 0 Å². The largest absolute Gasteiger partial charge is 0.394 e. The molecule has 1 atom stereocenters. The lowest BCUT2D eigenvalue weighted by molar-refractivity contribution is -0.134. The molecule has 0 fully saturated rings. The number of amides is 1. The Kier molecular flexibility index (Phi) is 6.23. The summed E-state index contributed by atoms with van der Waals surface area (Å²) in [5.41, 5.74) is 2.73. The molecule has 2 rings (SSSR count). The molecule has 0 aliphatic rings. The van der Waals surface area contributed by atoms with E-state index < -0.39 is 0 Å². The highest BCUT2D eigenvalue weighted by molar-refractivity contribution is 5.79. The molecule has 5 nitrogen and oxygen atoms in total. The molecule has 5 heteroatoms. The van der Waals surface area contributed by atoms with E-state index >= 15 is 0 Å². The van der Waals surface area contributed by atoms with E-state index in [-0.39, 0.29) is 25.0 Å². The lowest BCUT2D eigenvalue weighted by atomic mass is 10.1. The average molecular weight is 313 g/mol. The summed E-state index contributed by atoms with van der Waals surface area (Å²) in [7, 11) is 0. The molecule has 0 spiro atoms. The van der Waals surface area contributed by atoms with E-state index in [9.17, 15) is 9.90 Å². The Labute approximate surface area is 137 Å². The summed E-state index contributed by atoms with van der Waals surface area (Å²) in [6.45, 7) is 4.31. The van der Waals surface area contributed by atoms with Gasteiger partial charge in [0.05, 0.1) is 24.8 Å². The zero-order valence-corrected chi connectivity index (χ0v) is 13.6. The van der Waals surface area contributed by atoms with Crippen LogP contribution in [0.4, 0.5) is 0 Å². The molecule has 0 saturated heterocycles. The lowest BCUT2D eigenvalue weighted by Gasteiger charge is -2.30. The Balaban J connectivity index is 2.19. The van der Waals surface area contributed by atoms with E-state index in [1.165, 1.54) is 0 Å². The van der Waals surface area contributed by atoms with Crippen LogP contribution in [-0.4, -0.2) is 38.5 Å². The van der Waals surface area contributed by atoms with Crippen molar-refractivity contribution in [3.63, 3.8) is 0 Å². The van der Waals surface area contributed by atoms with Crippen molar-refractivity contribution in [3.05, 3.63) is 59.7 Å². The van der Waals surface area contributed by atoms with Crippen molar-refractivity contribution >= 4 is 5.91 Å². The average Bonchev–Trinajstić information content (AvgIpc) is 2.58. The number of carbonyl (C=O) groups is 1. The summed E-state index contributed by atoms with van der Waals surface area (Å²) in [6.07, 6.45) is 6.09. The van der Waals surface area contributed by atoms with E-state index in [0.29, 0.717) is 13.0 Å². The van der Waals surface area contributed by atoms with Crippen LogP contribution in [0.1, 0.15) is 30.2 Å². The van der Waals surface area contributed by atoms with Crippen molar-refractivity contribution in [2.75, 3.05) is 6.61 Å². The molecule has 1 amide bonds. The first-order valence-corrected chi connectivity index (χ1v) is 7.85. The van der Waals surface area contributed by atoms with Gasteiger partial charge >= 0.3 is 0 Å². The molecule has 2 heterocycles. The third-order valence-electron chi connectivity index (χ3n) is 3.96. The van der Waals surface area contributed by atoms with Crippen molar-refractivity contribution in [1.29, 1.82) is 0 Å². The maximum atomic E-state index is 12.8. The van der Waals surface area contributed by atoms with Crippen LogP contribution in [0.5, 0.6) is 0 Å². The number of aliphatic hydroxyl groups excluding tert-OH is 1. The number of rotatable bonds is 7. The fourth-order valence-electron chi connectivity index (χ4n) is 2.51. The summed E-state index contributed by atoms with van der Waals surface area (Å²) in [6, 6.07) is 7.39. The first-order chi connectivity index (χ1) is 11.2. The fourth-order valence-corrected chi connectivity index (χ4v) is 2.51. The van der Waals surface area contributed by atoms with Gasteiger partial charge in [0.1, 0.15) is 0 Å². The van der Waals surface area contributed by atoms with Crippen LogP contribution in [-0.2, 0) is 17.8 Å². The molecule has 0 saturated carbocycles. The van der Waals surface area contributed by atoms with Gasteiger partial charge < -0.3 is 10.0 Å². The van der Waals surface area contributed by atoms with Gasteiger partial charge in [0, 0.05) is 25.1 Å². The summed E-state index contributed by atoms with van der Waals surface area (Å²) >= 11 is 0. The molecule has 0 aromatic carbocycles. The van der Waals surface area contributed by atoms with Gasteiger partial charge in [-0.1, -0.05) is 19.1 Å². The normalized spacial score (nSPS) is 12.0. The molecule has 0 aliphatic carbocycles. The number of carbonyl (C=O) groups excluding carboxylic acids is 1. The first-order valence-electron chi connectivity index (χ1n) is 7.85. The molecule has 23 heavy (non-hydrogen) atoms. The van der Waals surface area contributed by atoms with Crippen LogP contribution >= 0.6 is 0 Å². The molecular weight excluding hydrogens is 290 g/mol. The van der Waals surface area contributed by atoms with Gasteiger partial charge in [0.25, 0.3) is 0 Å². The first kappa shape index (κ1) is 17.1. The number of hydrogen-bond acceptors (Lipinski definition) is 4. The number of nitrogens with zero attached hydrogens (tertiary/aromatic N) is 3. The van der Waals surface area contributed by atoms with Crippen LogP contribution < -0.4 is 0 Å². The molecule has 0 bridgehead atoms. The standard InChI is InChI=1S/C18H23N3O2/c1-3-16(13-22)21(12-15-7-5-8-19-11-15)18(23)10-17-14(2)6-4-9-20-17/h4-9,11,16,22H,3,10,12-13H2,1-2H3. The SMILES string of the molecule is CCC(CO)N(Cc1cccnc1)C(=O)Cc1ncccc1C. The van der Waals surface area contributed by atoms with Crippen LogP contribution in [0, 0.1) is 6.92 Å². The van der Waals surface area contributed by atoms with E-state index in [1.54, 1.807) is 23.5 Å². The number of aryl methyl sites for hydroxylation is 1. The number of hydrogen-bond donors (Lipinski definition) is 1. The fraction of sp³-hybridized carbons (Fsp3) is 0.389.